The minimum Gasteiger partial charge on any atom is -0.388 e. The third-order valence-electron chi connectivity index (χ3n) is 3.90. The number of nitrogens with zero attached hydrogens (tertiary/aromatic N) is 1. The summed E-state index contributed by atoms with van der Waals surface area (Å²) in [6.07, 6.45) is 5.87. The smallest absolute Gasteiger partial charge is 0.0824 e. The average Bonchev–Trinajstić information content (AvgIpc) is 2.47. The number of hydrogen-bond donors (Lipinski definition) is 1. The highest BCUT2D eigenvalue weighted by Gasteiger charge is 2.20. The van der Waals surface area contributed by atoms with Gasteiger partial charge in [-0.15, -0.1) is 0 Å². The van der Waals surface area contributed by atoms with Crippen molar-refractivity contribution in [2.45, 2.75) is 45.6 Å². The lowest BCUT2D eigenvalue weighted by Crippen LogP contribution is -2.12. The third kappa shape index (κ3) is 3.13. The molecule has 0 saturated heterocycles. The van der Waals surface area contributed by atoms with Crippen molar-refractivity contribution in [1.82, 2.24) is 4.98 Å². The van der Waals surface area contributed by atoms with Crippen LogP contribution in [0.15, 0.2) is 36.5 Å². The number of aromatic nitrogens is 1. The second-order valence-electron chi connectivity index (χ2n) is 5.17. The van der Waals surface area contributed by atoms with Crippen molar-refractivity contribution in [2.75, 3.05) is 0 Å². The summed E-state index contributed by atoms with van der Waals surface area (Å²) in [5.41, 5.74) is 1.98. The van der Waals surface area contributed by atoms with E-state index in [1.54, 1.807) is 6.20 Å². The molecule has 2 heteroatoms. The molecule has 1 aromatic heterocycles. The molecule has 19 heavy (non-hydrogen) atoms. The number of rotatable bonds is 6. The van der Waals surface area contributed by atoms with E-state index in [2.05, 4.69) is 18.8 Å². The topological polar surface area (TPSA) is 33.1 Å². The number of aliphatic hydroxyl groups excluding tert-OH is 1. The fraction of sp³-hybridized carbons (Fsp3) is 0.471. The summed E-state index contributed by atoms with van der Waals surface area (Å²) < 4.78 is 0. The van der Waals surface area contributed by atoms with Crippen molar-refractivity contribution >= 4 is 10.9 Å². The molecular formula is C17H23NO. The number of aliphatic hydroxyl groups is 1. The van der Waals surface area contributed by atoms with Crippen LogP contribution in [0.5, 0.6) is 0 Å². The molecule has 0 aliphatic carbocycles. The molecule has 1 heterocycles. The molecule has 2 unspecified atom stereocenters. The standard InChI is InChI=1S/C17H23NO/c1-3-5-8-13(4-2)17(19)15-9-6-11-16-14(15)10-7-12-18-16/h6-7,9-13,17,19H,3-5,8H2,1-2H3. The van der Waals surface area contributed by atoms with E-state index in [9.17, 15) is 5.11 Å². The number of benzene rings is 1. The third-order valence-corrected chi connectivity index (χ3v) is 3.90. The fourth-order valence-electron chi connectivity index (χ4n) is 2.69. The van der Waals surface area contributed by atoms with Gasteiger partial charge in [-0.25, -0.2) is 0 Å². The zero-order valence-corrected chi connectivity index (χ0v) is 11.8. The molecular weight excluding hydrogens is 234 g/mol. The molecule has 0 amide bonds. The van der Waals surface area contributed by atoms with Gasteiger partial charge in [0.25, 0.3) is 0 Å². The second kappa shape index (κ2) is 6.67. The normalized spacial score (nSPS) is 14.5. The van der Waals surface area contributed by atoms with E-state index in [-0.39, 0.29) is 6.10 Å². The maximum atomic E-state index is 10.7. The van der Waals surface area contributed by atoms with Crippen LogP contribution in [-0.2, 0) is 0 Å². The first kappa shape index (κ1) is 14.0. The Kier molecular flexibility index (Phi) is 4.92. The van der Waals surface area contributed by atoms with Crippen molar-refractivity contribution in [3.8, 4) is 0 Å². The van der Waals surface area contributed by atoms with Gasteiger partial charge in [-0.3, -0.25) is 4.98 Å². The van der Waals surface area contributed by atoms with Gasteiger partial charge in [-0.2, -0.15) is 0 Å². The predicted molar refractivity (Wildman–Crippen MR) is 80.0 cm³/mol. The SMILES string of the molecule is CCCCC(CC)C(O)c1cccc2ncccc12. The Hall–Kier alpha value is -1.41. The van der Waals surface area contributed by atoms with Crippen LogP contribution in [0, 0.1) is 5.92 Å². The highest BCUT2D eigenvalue weighted by molar-refractivity contribution is 5.82. The first-order valence-corrected chi connectivity index (χ1v) is 7.29. The lowest BCUT2D eigenvalue weighted by atomic mass is 9.87. The fourth-order valence-corrected chi connectivity index (χ4v) is 2.69. The Morgan fingerprint density at radius 1 is 1.16 bits per heavy atom. The minimum atomic E-state index is -0.385. The molecule has 2 rings (SSSR count). The molecule has 0 saturated carbocycles. The van der Waals surface area contributed by atoms with Gasteiger partial charge in [0, 0.05) is 11.6 Å². The lowest BCUT2D eigenvalue weighted by Gasteiger charge is -2.23. The number of fused-ring (bicyclic) bond motifs is 1. The van der Waals surface area contributed by atoms with Crippen LogP contribution in [0.25, 0.3) is 10.9 Å². The first-order valence-electron chi connectivity index (χ1n) is 7.29. The van der Waals surface area contributed by atoms with Gasteiger partial charge in [0.15, 0.2) is 0 Å². The van der Waals surface area contributed by atoms with Gasteiger partial charge in [-0.05, 0) is 30.0 Å². The number of unbranched alkanes of at least 4 members (excludes halogenated alkanes) is 1. The van der Waals surface area contributed by atoms with Crippen LogP contribution in [-0.4, -0.2) is 10.1 Å². The Bertz CT molecular complexity index is 518. The van der Waals surface area contributed by atoms with Crippen molar-refractivity contribution in [3.63, 3.8) is 0 Å². The molecule has 2 atom stereocenters. The minimum absolute atomic E-state index is 0.339. The van der Waals surface area contributed by atoms with Gasteiger partial charge >= 0.3 is 0 Å². The lowest BCUT2D eigenvalue weighted by molar-refractivity contribution is 0.100. The van der Waals surface area contributed by atoms with E-state index in [4.69, 9.17) is 0 Å². The molecule has 0 aliphatic rings. The number of hydrogen-bond acceptors (Lipinski definition) is 2. The van der Waals surface area contributed by atoms with E-state index < -0.39 is 0 Å². The molecule has 2 aromatic rings. The highest BCUT2D eigenvalue weighted by atomic mass is 16.3. The van der Waals surface area contributed by atoms with Crippen LogP contribution >= 0.6 is 0 Å². The van der Waals surface area contributed by atoms with Gasteiger partial charge in [-0.1, -0.05) is 51.3 Å². The quantitative estimate of drug-likeness (QED) is 0.827. The van der Waals surface area contributed by atoms with E-state index in [1.807, 2.05) is 30.3 Å². The van der Waals surface area contributed by atoms with Gasteiger partial charge in [0.1, 0.15) is 0 Å². The van der Waals surface area contributed by atoms with E-state index in [0.717, 1.165) is 29.3 Å². The van der Waals surface area contributed by atoms with Crippen molar-refractivity contribution in [2.24, 2.45) is 5.92 Å². The largest absolute Gasteiger partial charge is 0.388 e. The van der Waals surface area contributed by atoms with E-state index in [0.29, 0.717) is 5.92 Å². The van der Waals surface area contributed by atoms with Crippen LogP contribution < -0.4 is 0 Å². The summed E-state index contributed by atoms with van der Waals surface area (Å²) in [6.45, 7) is 4.36. The van der Waals surface area contributed by atoms with Crippen LogP contribution in [0.3, 0.4) is 0 Å². The molecule has 0 aliphatic heterocycles. The van der Waals surface area contributed by atoms with E-state index in [1.165, 1.54) is 12.8 Å². The molecule has 1 N–H and O–H groups in total. The summed E-state index contributed by atoms with van der Waals surface area (Å²) in [6, 6.07) is 10.0. The van der Waals surface area contributed by atoms with Gasteiger partial charge in [0.2, 0.25) is 0 Å². The van der Waals surface area contributed by atoms with Gasteiger partial charge in [0.05, 0.1) is 11.6 Å². The molecule has 0 fully saturated rings. The van der Waals surface area contributed by atoms with Crippen molar-refractivity contribution in [3.05, 3.63) is 42.1 Å². The summed E-state index contributed by atoms with van der Waals surface area (Å²) in [5, 5.41) is 11.8. The Morgan fingerprint density at radius 3 is 2.74 bits per heavy atom. The molecule has 0 radical (unpaired) electrons. The van der Waals surface area contributed by atoms with Crippen molar-refractivity contribution in [1.29, 1.82) is 0 Å². The van der Waals surface area contributed by atoms with Crippen LogP contribution in [0.2, 0.25) is 0 Å². The molecule has 2 nitrogen and oxygen atoms in total. The molecule has 0 spiro atoms. The van der Waals surface area contributed by atoms with Crippen LogP contribution in [0.4, 0.5) is 0 Å². The Morgan fingerprint density at radius 2 is 2.00 bits per heavy atom. The van der Waals surface area contributed by atoms with Gasteiger partial charge < -0.3 is 5.11 Å². The summed E-state index contributed by atoms with van der Waals surface area (Å²) >= 11 is 0. The van der Waals surface area contributed by atoms with Crippen molar-refractivity contribution < 1.29 is 5.11 Å². The predicted octanol–water partition coefficient (Wildman–Crippen LogP) is 4.48. The van der Waals surface area contributed by atoms with E-state index >= 15 is 0 Å². The molecule has 102 valence electrons. The first-order chi connectivity index (χ1) is 9.27. The molecule has 1 aromatic carbocycles. The molecule has 0 bridgehead atoms. The maximum absolute atomic E-state index is 10.7. The second-order valence-corrected chi connectivity index (χ2v) is 5.17. The Balaban J connectivity index is 2.31. The summed E-state index contributed by atoms with van der Waals surface area (Å²) in [5.74, 6) is 0.339. The average molecular weight is 257 g/mol. The summed E-state index contributed by atoms with van der Waals surface area (Å²) in [7, 11) is 0. The maximum Gasteiger partial charge on any atom is 0.0824 e. The zero-order chi connectivity index (χ0) is 13.7. The highest BCUT2D eigenvalue weighted by Crippen LogP contribution is 2.32. The summed E-state index contributed by atoms with van der Waals surface area (Å²) in [4.78, 5) is 4.36. The monoisotopic (exact) mass is 257 g/mol. The number of pyridine rings is 1. The van der Waals surface area contributed by atoms with Crippen LogP contribution in [0.1, 0.15) is 51.2 Å². The zero-order valence-electron chi connectivity index (χ0n) is 11.8. The Labute approximate surface area is 115 Å².